The summed E-state index contributed by atoms with van der Waals surface area (Å²) in [5, 5.41) is 3.20. The van der Waals surface area contributed by atoms with Crippen molar-refractivity contribution in [1.82, 2.24) is 10.3 Å². The molecule has 2 rings (SSSR count). The normalized spacial score (nSPS) is 12.4. The van der Waals surface area contributed by atoms with Crippen molar-refractivity contribution < 1.29 is 4.39 Å². The van der Waals surface area contributed by atoms with Crippen molar-refractivity contribution in [1.29, 1.82) is 0 Å². The van der Waals surface area contributed by atoms with Crippen LogP contribution in [-0.4, -0.2) is 12.0 Å². The first-order valence-corrected chi connectivity index (χ1v) is 5.62. The van der Waals surface area contributed by atoms with E-state index in [-0.39, 0.29) is 11.9 Å². The van der Waals surface area contributed by atoms with Crippen LogP contribution in [0.15, 0.2) is 48.7 Å². The van der Waals surface area contributed by atoms with Crippen molar-refractivity contribution in [3.63, 3.8) is 0 Å². The summed E-state index contributed by atoms with van der Waals surface area (Å²) in [4.78, 5) is 4.11. The Labute approximate surface area is 101 Å². The van der Waals surface area contributed by atoms with Gasteiger partial charge in [-0.3, -0.25) is 4.98 Å². The fourth-order valence-corrected chi connectivity index (χ4v) is 1.80. The maximum Gasteiger partial charge on any atom is 0.141 e. The van der Waals surface area contributed by atoms with Crippen LogP contribution in [0, 0.1) is 5.82 Å². The number of nitrogens with zero attached hydrogens (tertiary/aromatic N) is 1. The van der Waals surface area contributed by atoms with Crippen molar-refractivity contribution in [3.8, 4) is 0 Å². The molecule has 1 N–H and O–H groups in total. The van der Waals surface area contributed by atoms with Gasteiger partial charge >= 0.3 is 0 Å². The lowest BCUT2D eigenvalue weighted by Crippen LogP contribution is -2.20. The Hall–Kier alpha value is -1.74. The number of aromatic nitrogens is 1. The maximum absolute atomic E-state index is 12.8. The topological polar surface area (TPSA) is 24.9 Å². The van der Waals surface area contributed by atoms with Gasteiger partial charge in [0.2, 0.25) is 0 Å². The van der Waals surface area contributed by atoms with E-state index >= 15 is 0 Å². The van der Waals surface area contributed by atoms with Crippen molar-refractivity contribution in [2.45, 2.75) is 12.5 Å². The van der Waals surface area contributed by atoms with Gasteiger partial charge in [0.1, 0.15) is 5.82 Å². The van der Waals surface area contributed by atoms with Gasteiger partial charge in [-0.15, -0.1) is 0 Å². The molecule has 0 bridgehead atoms. The third-order valence-corrected chi connectivity index (χ3v) is 2.74. The summed E-state index contributed by atoms with van der Waals surface area (Å²) in [6, 6.07) is 13.4. The molecule has 1 unspecified atom stereocenters. The van der Waals surface area contributed by atoms with Crippen LogP contribution in [0.2, 0.25) is 0 Å². The van der Waals surface area contributed by atoms with E-state index in [9.17, 15) is 4.39 Å². The van der Waals surface area contributed by atoms with Gasteiger partial charge in [0.05, 0.1) is 17.9 Å². The molecule has 17 heavy (non-hydrogen) atoms. The van der Waals surface area contributed by atoms with E-state index in [1.807, 2.05) is 25.2 Å². The molecule has 0 aliphatic heterocycles. The van der Waals surface area contributed by atoms with Crippen LogP contribution in [-0.2, 0) is 6.42 Å². The molecular formula is C14H15FN2. The van der Waals surface area contributed by atoms with Crippen LogP contribution in [0.1, 0.15) is 17.3 Å². The molecule has 1 heterocycles. The summed E-state index contributed by atoms with van der Waals surface area (Å²) in [5.41, 5.74) is 2.09. The Morgan fingerprint density at radius 3 is 2.53 bits per heavy atom. The predicted molar refractivity (Wildman–Crippen MR) is 66.1 cm³/mol. The first kappa shape index (κ1) is 11.7. The van der Waals surface area contributed by atoms with Gasteiger partial charge < -0.3 is 5.32 Å². The molecule has 1 aromatic carbocycles. The van der Waals surface area contributed by atoms with Gasteiger partial charge in [0.15, 0.2) is 0 Å². The highest BCUT2D eigenvalue weighted by Crippen LogP contribution is 2.16. The third kappa shape index (κ3) is 3.11. The average Bonchev–Trinajstić information content (AvgIpc) is 2.38. The molecule has 0 saturated carbocycles. The monoisotopic (exact) mass is 230 g/mol. The summed E-state index contributed by atoms with van der Waals surface area (Å²) >= 11 is 0. The third-order valence-electron chi connectivity index (χ3n) is 2.74. The fourth-order valence-electron chi connectivity index (χ4n) is 1.80. The lowest BCUT2D eigenvalue weighted by atomic mass is 10.0. The predicted octanol–water partition coefficient (Wildman–Crippen LogP) is 2.72. The first-order valence-electron chi connectivity index (χ1n) is 5.62. The summed E-state index contributed by atoms with van der Waals surface area (Å²) in [5.74, 6) is -0.302. The molecule has 0 amide bonds. The summed E-state index contributed by atoms with van der Waals surface area (Å²) in [6.07, 6.45) is 2.10. The zero-order chi connectivity index (χ0) is 12.1. The molecule has 88 valence electrons. The van der Waals surface area contributed by atoms with Crippen LogP contribution in [0.5, 0.6) is 0 Å². The number of hydrogen-bond donors (Lipinski definition) is 1. The standard InChI is InChI=1S/C14H15FN2/c1-16-14(9-11-5-3-2-4-6-11)13-8-7-12(15)10-17-13/h2-8,10,14,16H,9H2,1H3. The lowest BCUT2D eigenvalue weighted by Gasteiger charge is -2.15. The van der Waals surface area contributed by atoms with E-state index in [1.54, 1.807) is 6.07 Å². The molecule has 0 spiro atoms. The number of nitrogens with one attached hydrogen (secondary N) is 1. The number of hydrogen-bond acceptors (Lipinski definition) is 2. The Morgan fingerprint density at radius 2 is 1.94 bits per heavy atom. The molecular weight excluding hydrogens is 215 g/mol. The van der Waals surface area contributed by atoms with Crippen molar-refractivity contribution in [3.05, 3.63) is 65.7 Å². The van der Waals surface area contributed by atoms with Crippen molar-refractivity contribution >= 4 is 0 Å². The number of halogens is 1. The molecule has 3 heteroatoms. The second-order valence-corrected chi connectivity index (χ2v) is 3.93. The van der Waals surface area contributed by atoms with E-state index in [0.717, 1.165) is 12.1 Å². The highest BCUT2D eigenvalue weighted by molar-refractivity contribution is 5.19. The summed E-state index contributed by atoms with van der Waals surface area (Å²) in [6.45, 7) is 0. The minimum absolute atomic E-state index is 0.109. The molecule has 2 nitrogen and oxygen atoms in total. The van der Waals surface area contributed by atoms with Crippen LogP contribution in [0.4, 0.5) is 4.39 Å². The van der Waals surface area contributed by atoms with Gasteiger partial charge in [-0.25, -0.2) is 4.39 Å². The molecule has 1 aromatic heterocycles. The second kappa shape index (κ2) is 5.55. The van der Waals surface area contributed by atoms with Gasteiger partial charge in [-0.2, -0.15) is 0 Å². The molecule has 0 radical (unpaired) electrons. The molecule has 0 aliphatic rings. The van der Waals surface area contributed by atoms with Crippen molar-refractivity contribution in [2.24, 2.45) is 0 Å². The first-order chi connectivity index (χ1) is 8.29. The quantitative estimate of drug-likeness (QED) is 0.873. The van der Waals surface area contributed by atoms with Crippen LogP contribution in [0.25, 0.3) is 0 Å². The van der Waals surface area contributed by atoms with Gasteiger partial charge in [-0.1, -0.05) is 30.3 Å². The Morgan fingerprint density at radius 1 is 1.18 bits per heavy atom. The number of likely N-dealkylation sites (N-methyl/N-ethyl adjacent to an activating group) is 1. The highest BCUT2D eigenvalue weighted by Gasteiger charge is 2.11. The van der Waals surface area contributed by atoms with Gasteiger partial charge in [-0.05, 0) is 31.2 Å². The summed E-state index contributed by atoms with van der Waals surface area (Å²) < 4.78 is 12.8. The molecule has 0 aliphatic carbocycles. The Kier molecular flexibility index (Phi) is 3.83. The molecule has 0 fully saturated rings. The fraction of sp³-hybridized carbons (Fsp3) is 0.214. The SMILES string of the molecule is CNC(Cc1ccccc1)c1ccc(F)cn1. The average molecular weight is 230 g/mol. The smallest absolute Gasteiger partial charge is 0.141 e. The number of rotatable bonds is 4. The molecule has 2 aromatic rings. The number of benzene rings is 1. The van der Waals surface area contributed by atoms with Crippen LogP contribution < -0.4 is 5.32 Å². The summed E-state index contributed by atoms with van der Waals surface area (Å²) in [7, 11) is 1.89. The Bertz CT molecular complexity index is 453. The van der Waals surface area contributed by atoms with E-state index in [0.29, 0.717) is 0 Å². The molecule has 1 atom stereocenters. The zero-order valence-corrected chi connectivity index (χ0v) is 9.73. The minimum atomic E-state index is -0.302. The lowest BCUT2D eigenvalue weighted by molar-refractivity contribution is 0.565. The van der Waals surface area contributed by atoms with Gasteiger partial charge in [0, 0.05) is 0 Å². The van der Waals surface area contributed by atoms with E-state index in [2.05, 4.69) is 22.4 Å². The van der Waals surface area contributed by atoms with Crippen LogP contribution >= 0.6 is 0 Å². The van der Waals surface area contributed by atoms with Crippen molar-refractivity contribution in [2.75, 3.05) is 7.05 Å². The van der Waals surface area contributed by atoms with Crippen LogP contribution in [0.3, 0.4) is 0 Å². The van der Waals surface area contributed by atoms with Gasteiger partial charge in [0.25, 0.3) is 0 Å². The van der Waals surface area contributed by atoms with E-state index in [1.165, 1.54) is 17.8 Å². The second-order valence-electron chi connectivity index (χ2n) is 3.93. The zero-order valence-electron chi connectivity index (χ0n) is 9.73. The minimum Gasteiger partial charge on any atom is -0.311 e. The van der Waals surface area contributed by atoms with E-state index in [4.69, 9.17) is 0 Å². The maximum atomic E-state index is 12.8. The molecule has 0 saturated heterocycles. The van der Waals surface area contributed by atoms with E-state index < -0.39 is 0 Å². The highest BCUT2D eigenvalue weighted by atomic mass is 19.1. The Balaban J connectivity index is 2.14. The number of pyridine rings is 1. The largest absolute Gasteiger partial charge is 0.311 e.